The lowest BCUT2D eigenvalue weighted by Gasteiger charge is -2.15. The Bertz CT molecular complexity index is 1130. The lowest BCUT2D eigenvalue weighted by atomic mass is 10.00. The van der Waals surface area contributed by atoms with Gasteiger partial charge in [-0.25, -0.2) is 0 Å². The third-order valence-corrected chi connectivity index (χ3v) is 5.32. The smallest absolute Gasteiger partial charge is 0.304 e. The van der Waals surface area contributed by atoms with Crippen molar-refractivity contribution in [2.75, 3.05) is 14.2 Å². The Hall–Kier alpha value is -4.13. The molecule has 7 heteroatoms. The highest BCUT2D eigenvalue weighted by molar-refractivity contribution is 5.98. The Labute approximate surface area is 186 Å². The summed E-state index contributed by atoms with van der Waals surface area (Å²) >= 11 is 0. The molecule has 0 spiro atoms. The number of carbonyl (C=O) groups excluding carboxylic acids is 2. The second-order valence-electron chi connectivity index (χ2n) is 7.32. The van der Waals surface area contributed by atoms with Gasteiger partial charge in [0, 0.05) is 16.7 Å². The molecule has 3 aromatic rings. The maximum absolute atomic E-state index is 12.9. The van der Waals surface area contributed by atoms with Crippen LogP contribution >= 0.6 is 0 Å². The van der Waals surface area contributed by atoms with Crippen LogP contribution < -0.4 is 20.2 Å². The molecule has 0 bridgehead atoms. The van der Waals surface area contributed by atoms with Crippen molar-refractivity contribution in [3.63, 3.8) is 0 Å². The fraction of sp³-hybridized carbons (Fsp3) is 0.160. The molecule has 0 radical (unpaired) electrons. The van der Waals surface area contributed by atoms with Gasteiger partial charge in [-0.05, 0) is 48.5 Å². The zero-order valence-electron chi connectivity index (χ0n) is 17.8. The molecule has 0 unspecified atom stereocenters. The monoisotopic (exact) mass is 430 g/mol. The summed E-state index contributed by atoms with van der Waals surface area (Å²) in [6.45, 7) is 0. The zero-order chi connectivity index (χ0) is 22.5. The molecular weight excluding hydrogens is 406 g/mol. The normalized spacial score (nSPS) is 18.8. The Balaban J connectivity index is 1.65. The first-order valence-corrected chi connectivity index (χ1v) is 10.2. The molecule has 2 amide bonds. The number of hydrazine groups is 1. The average Bonchev–Trinajstić information content (AvgIpc) is 3.14. The van der Waals surface area contributed by atoms with Crippen molar-refractivity contribution in [1.29, 1.82) is 0 Å². The molecule has 0 aliphatic carbocycles. The van der Waals surface area contributed by atoms with Crippen LogP contribution in [0.5, 0.6) is 11.5 Å². The Morgan fingerprint density at radius 3 is 2.09 bits per heavy atom. The van der Waals surface area contributed by atoms with Crippen LogP contribution in [0.2, 0.25) is 0 Å². The molecule has 162 valence electrons. The van der Waals surface area contributed by atoms with Crippen LogP contribution in [0, 0.1) is 0 Å². The Morgan fingerprint density at radius 1 is 0.906 bits per heavy atom. The highest BCUT2D eigenvalue weighted by Crippen LogP contribution is 2.25. The summed E-state index contributed by atoms with van der Waals surface area (Å²) in [5, 5.41) is 2.89. The first-order chi connectivity index (χ1) is 15.6. The number of carbonyl (C=O) groups is 2. The molecule has 3 aromatic carbocycles. The molecule has 1 heterocycles. The second-order valence-corrected chi connectivity index (χ2v) is 7.32. The molecule has 1 aliphatic rings. The maximum atomic E-state index is 12.9. The first-order valence-electron chi connectivity index (χ1n) is 10.2. The van der Waals surface area contributed by atoms with Crippen molar-refractivity contribution in [3.8, 4) is 11.5 Å². The van der Waals surface area contributed by atoms with Crippen LogP contribution in [0.25, 0.3) is 0 Å². The molecule has 4 rings (SSSR count). The van der Waals surface area contributed by atoms with Crippen LogP contribution in [0.1, 0.15) is 27.5 Å². The van der Waals surface area contributed by atoms with Gasteiger partial charge >= 0.3 is 5.91 Å². The predicted octanol–water partition coefficient (Wildman–Crippen LogP) is 2.72. The van der Waals surface area contributed by atoms with E-state index in [1.807, 2.05) is 60.8 Å². The van der Waals surface area contributed by atoms with Gasteiger partial charge in [0.25, 0.3) is 5.91 Å². The maximum Gasteiger partial charge on any atom is 0.304 e. The van der Waals surface area contributed by atoms with Gasteiger partial charge in [0.05, 0.1) is 14.2 Å². The number of hydrogen-bond donors (Lipinski definition) is 2. The van der Waals surface area contributed by atoms with E-state index in [9.17, 15) is 9.59 Å². The minimum Gasteiger partial charge on any atom is -0.497 e. The van der Waals surface area contributed by atoms with Crippen LogP contribution in [0.4, 0.5) is 0 Å². The lowest BCUT2D eigenvalue weighted by molar-refractivity contribution is -0.596. The van der Waals surface area contributed by atoms with Crippen molar-refractivity contribution in [2.45, 2.75) is 12.1 Å². The summed E-state index contributed by atoms with van der Waals surface area (Å²) in [6, 6.07) is 22.7. The fourth-order valence-electron chi connectivity index (χ4n) is 3.65. The number of methoxy groups -OCH3 is 2. The topological polar surface area (TPSA) is 79.7 Å². The molecule has 7 nitrogen and oxygen atoms in total. The van der Waals surface area contributed by atoms with Crippen LogP contribution in [-0.2, 0) is 4.79 Å². The number of amides is 2. The SMILES string of the molecule is COc1ccc(/C=[N+]2\NC(=O)[C@H](NC(=O)c3ccc(OC)cc3)[C@@H]2c2ccccc2)cc1. The minimum atomic E-state index is -0.776. The zero-order valence-corrected chi connectivity index (χ0v) is 17.8. The van der Waals surface area contributed by atoms with Gasteiger partial charge in [-0.2, -0.15) is 0 Å². The van der Waals surface area contributed by atoms with Gasteiger partial charge in [0.1, 0.15) is 11.5 Å². The summed E-state index contributed by atoms with van der Waals surface area (Å²) < 4.78 is 12.1. The molecule has 1 fully saturated rings. The fourth-order valence-corrected chi connectivity index (χ4v) is 3.65. The van der Waals surface area contributed by atoms with Crippen molar-refractivity contribution in [1.82, 2.24) is 10.7 Å². The summed E-state index contributed by atoms with van der Waals surface area (Å²) in [5.41, 5.74) is 5.11. The van der Waals surface area contributed by atoms with Crippen molar-refractivity contribution in [2.24, 2.45) is 0 Å². The third kappa shape index (κ3) is 4.46. The number of nitrogens with zero attached hydrogens (tertiary/aromatic N) is 1. The van der Waals surface area contributed by atoms with E-state index in [0.717, 1.165) is 16.9 Å². The summed E-state index contributed by atoms with van der Waals surface area (Å²) in [4.78, 5) is 25.8. The van der Waals surface area contributed by atoms with E-state index >= 15 is 0 Å². The van der Waals surface area contributed by atoms with E-state index in [0.29, 0.717) is 11.3 Å². The molecule has 2 N–H and O–H groups in total. The Morgan fingerprint density at radius 2 is 1.50 bits per heavy atom. The quantitative estimate of drug-likeness (QED) is 0.590. The number of ether oxygens (including phenoxy) is 2. The summed E-state index contributed by atoms with van der Waals surface area (Å²) in [7, 11) is 3.18. The number of rotatable bonds is 6. The van der Waals surface area contributed by atoms with E-state index in [1.165, 1.54) is 0 Å². The standard InChI is InChI=1S/C25H23N3O4/c1-31-20-12-8-17(9-13-20)16-28-23(18-6-4-3-5-7-18)22(25(30)27-28)26-24(29)19-10-14-21(32-2)15-11-19/h3-16,22-23H,1-2H3,(H-,26,27,29,30)/p+1/b28-16-/t22-,23+/m1/s1. The summed E-state index contributed by atoms with van der Waals surface area (Å²) in [6.07, 6.45) is 1.84. The van der Waals surface area contributed by atoms with Gasteiger partial charge in [-0.15, -0.1) is 10.1 Å². The summed E-state index contributed by atoms with van der Waals surface area (Å²) in [5.74, 6) is 0.782. The molecule has 1 saturated heterocycles. The molecule has 32 heavy (non-hydrogen) atoms. The van der Waals surface area contributed by atoms with Gasteiger partial charge < -0.3 is 14.8 Å². The molecular formula is C25H24N3O4+. The average molecular weight is 430 g/mol. The highest BCUT2D eigenvalue weighted by atomic mass is 16.5. The number of benzene rings is 3. The van der Waals surface area contributed by atoms with E-state index in [1.54, 1.807) is 43.2 Å². The van der Waals surface area contributed by atoms with Gasteiger partial charge in [0.15, 0.2) is 6.04 Å². The van der Waals surface area contributed by atoms with Gasteiger partial charge in [0.2, 0.25) is 12.3 Å². The predicted molar refractivity (Wildman–Crippen MR) is 120 cm³/mol. The number of hydrazone groups is 1. The third-order valence-electron chi connectivity index (χ3n) is 5.32. The van der Waals surface area contributed by atoms with Crippen molar-refractivity contribution >= 4 is 18.0 Å². The Kier molecular flexibility index (Phi) is 6.17. The van der Waals surface area contributed by atoms with Crippen molar-refractivity contribution < 1.29 is 23.7 Å². The molecule has 1 aliphatic heterocycles. The lowest BCUT2D eigenvalue weighted by Crippen LogP contribution is -2.42. The van der Waals surface area contributed by atoms with Crippen LogP contribution in [-0.4, -0.2) is 43.0 Å². The van der Waals surface area contributed by atoms with Crippen molar-refractivity contribution in [3.05, 3.63) is 95.6 Å². The van der Waals surface area contributed by atoms with E-state index < -0.39 is 12.1 Å². The number of nitrogens with one attached hydrogen (secondary N) is 2. The van der Waals surface area contributed by atoms with E-state index in [2.05, 4.69) is 10.7 Å². The van der Waals surface area contributed by atoms with Crippen LogP contribution in [0.15, 0.2) is 78.9 Å². The second kappa shape index (κ2) is 9.34. The molecule has 0 aromatic heterocycles. The van der Waals surface area contributed by atoms with Gasteiger partial charge in [-0.3, -0.25) is 9.59 Å². The first kappa shape index (κ1) is 21.1. The van der Waals surface area contributed by atoms with Gasteiger partial charge in [-0.1, -0.05) is 30.3 Å². The number of hydrogen-bond acceptors (Lipinski definition) is 4. The highest BCUT2D eigenvalue weighted by Gasteiger charge is 2.47. The minimum absolute atomic E-state index is 0.287. The largest absolute Gasteiger partial charge is 0.497 e. The van der Waals surface area contributed by atoms with E-state index in [-0.39, 0.29) is 11.8 Å². The molecule has 2 atom stereocenters. The molecule has 0 saturated carbocycles. The van der Waals surface area contributed by atoms with E-state index in [4.69, 9.17) is 9.47 Å². The van der Waals surface area contributed by atoms with Crippen LogP contribution in [0.3, 0.4) is 0 Å².